The molecule has 0 aromatic carbocycles. The van der Waals surface area contributed by atoms with E-state index in [4.69, 9.17) is 48.3 Å². The van der Waals surface area contributed by atoms with E-state index in [1.165, 1.54) is 64.0 Å². The maximum absolute atomic E-state index is 13.7. The zero-order valence-electron chi connectivity index (χ0n) is 15.8. The van der Waals surface area contributed by atoms with Gasteiger partial charge in [0.2, 0.25) is 0 Å². The van der Waals surface area contributed by atoms with Crippen molar-refractivity contribution in [2.24, 2.45) is 0 Å². The third-order valence-electron chi connectivity index (χ3n) is 3.07. The van der Waals surface area contributed by atoms with Crippen molar-refractivity contribution in [2.45, 2.75) is 0 Å². The highest BCUT2D eigenvalue weighted by Gasteiger charge is 2.71. The van der Waals surface area contributed by atoms with Crippen LogP contribution in [-0.2, 0) is 52.8 Å². The molecule has 0 bridgehead atoms. The first-order valence-electron chi connectivity index (χ1n) is 6.69. The summed E-state index contributed by atoms with van der Waals surface area (Å²) >= 11 is 0. The fourth-order valence-electron chi connectivity index (χ4n) is 1.73. The van der Waals surface area contributed by atoms with Crippen LogP contribution in [0.15, 0.2) is 0 Å². The largest absolute Gasteiger partial charge is 0.685 e. The molecule has 0 amide bonds. The molecule has 0 saturated carbocycles. The Morgan fingerprint density at radius 3 is 0.880 bits per heavy atom. The summed E-state index contributed by atoms with van der Waals surface area (Å²) in [5, 5.41) is 0. The van der Waals surface area contributed by atoms with Crippen LogP contribution < -0.4 is 0 Å². The molecule has 152 valence electrons. The lowest BCUT2D eigenvalue weighted by Crippen LogP contribution is -2.55. The third-order valence-corrected chi connectivity index (χ3v) is 17.3. The van der Waals surface area contributed by atoms with Crippen molar-refractivity contribution in [3.8, 4) is 0 Å². The second-order valence-electron chi connectivity index (χ2n) is 4.04. The van der Waals surface area contributed by atoms with Crippen molar-refractivity contribution in [1.82, 2.24) is 0 Å². The van der Waals surface area contributed by atoms with Crippen molar-refractivity contribution in [2.75, 3.05) is 64.0 Å². The number of hydrogen-bond acceptors (Lipinski definition) is 12. The fraction of sp³-hybridized carbons (Fsp3) is 1.00. The van der Waals surface area contributed by atoms with E-state index in [9.17, 15) is 4.57 Å². The van der Waals surface area contributed by atoms with Gasteiger partial charge in [0.1, 0.15) is 0 Å². The van der Waals surface area contributed by atoms with Gasteiger partial charge < -0.3 is 39.8 Å². The highest BCUT2D eigenvalue weighted by atomic mass is 31.5. The minimum atomic E-state index is -4.46. The van der Waals surface area contributed by atoms with Crippen LogP contribution in [0.1, 0.15) is 0 Å². The number of rotatable bonds is 14. The van der Waals surface area contributed by atoms with Crippen LogP contribution in [0.2, 0.25) is 0 Å². The maximum Gasteiger partial charge on any atom is 0.685 e. The van der Waals surface area contributed by atoms with E-state index in [-0.39, 0.29) is 0 Å². The van der Waals surface area contributed by atoms with Gasteiger partial charge in [0, 0.05) is 64.0 Å². The predicted octanol–water partition coefficient (Wildman–Crippen LogP) is 0.337. The lowest BCUT2D eigenvalue weighted by molar-refractivity contribution is 0.0232. The summed E-state index contributed by atoms with van der Waals surface area (Å²) in [7, 11) is -5.10. The molecule has 0 heterocycles. The Hall–Kier alpha value is 0.441. The first-order valence-corrected chi connectivity index (χ1v) is 14.1. The van der Waals surface area contributed by atoms with Gasteiger partial charge in [-0.2, -0.15) is 0 Å². The fourth-order valence-corrected chi connectivity index (χ4v) is 15.5. The summed E-state index contributed by atoms with van der Waals surface area (Å²) in [6.45, 7) is 0. The lowest BCUT2D eigenvalue weighted by atomic mass is 11.8. The van der Waals surface area contributed by atoms with Crippen molar-refractivity contribution in [3.05, 3.63) is 0 Å². The minimum Gasteiger partial charge on any atom is -0.369 e. The van der Waals surface area contributed by atoms with Crippen molar-refractivity contribution < 1.29 is 52.8 Å². The van der Waals surface area contributed by atoms with Gasteiger partial charge in [0.15, 0.2) is 0 Å². The summed E-state index contributed by atoms with van der Waals surface area (Å²) in [5.74, 6) is 0. The van der Waals surface area contributed by atoms with E-state index in [0.717, 1.165) is 0 Å². The van der Waals surface area contributed by atoms with Crippen LogP contribution in [0.4, 0.5) is 0 Å². The van der Waals surface area contributed by atoms with Crippen LogP contribution in [0, 0.1) is 0 Å². The monoisotopic (exact) mass is 442 g/mol. The van der Waals surface area contributed by atoms with Gasteiger partial charge in [-0.05, 0) is 0 Å². The van der Waals surface area contributed by atoms with E-state index >= 15 is 0 Å². The lowest BCUT2D eigenvalue weighted by Gasteiger charge is -2.37. The topological polar surface area (TPSA) is 119 Å². The molecule has 0 aliphatic carbocycles. The van der Waals surface area contributed by atoms with E-state index in [2.05, 4.69) is 0 Å². The van der Waals surface area contributed by atoms with Gasteiger partial charge in [-0.1, -0.05) is 0 Å². The van der Waals surface area contributed by atoms with Gasteiger partial charge in [-0.3, -0.25) is 13.0 Å². The van der Waals surface area contributed by atoms with Crippen molar-refractivity contribution in [3.63, 3.8) is 0 Å². The zero-order chi connectivity index (χ0) is 19.8. The Bertz CT molecular complexity index is 377. The van der Waals surface area contributed by atoms with Crippen LogP contribution in [-0.4, -0.2) is 90.6 Å². The maximum atomic E-state index is 13.7. The molecule has 0 radical (unpaired) electrons. The molecule has 0 aromatic rings. The molecular weight excluding hydrogens is 415 g/mol. The highest BCUT2D eigenvalue weighted by Crippen LogP contribution is 2.61. The molecule has 12 nitrogen and oxygen atoms in total. The van der Waals surface area contributed by atoms with Gasteiger partial charge in [0.25, 0.3) is 0 Å². The Labute approximate surface area is 151 Å². The van der Waals surface area contributed by atoms with Gasteiger partial charge in [-0.25, -0.2) is 0 Å². The summed E-state index contributed by atoms with van der Waals surface area (Å²) in [6, 6.07) is 0. The van der Waals surface area contributed by atoms with Crippen LogP contribution in [0.3, 0.4) is 0 Å². The van der Waals surface area contributed by atoms with Gasteiger partial charge in [0.05, 0.1) is 0 Å². The summed E-state index contributed by atoms with van der Waals surface area (Å²) in [6.07, 6.45) is 0. The van der Waals surface area contributed by atoms with Gasteiger partial charge >= 0.3 is 33.7 Å². The summed E-state index contributed by atoms with van der Waals surface area (Å²) in [4.78, 5) is 0. The molecule has 0 spiro atoms. The Morgan fingerprint density at radius 2 is 0.720 bits per heavy atom. The minimum absolute atomic E-state index is 1.23. The van der Waals surface area contributed by atoms with Crippen LogP contribution in [0.5, 0.6) is 0 Å². The molecular formula is C9H27O12PSi3. The number of hydrogen-bond donors (Lipinski definition) is 0. The zero-order valence-corrected chi connectivity index (χ0v) is 19.7. The van der Waals surface area contributed by atoms with E-state index < -0.39 is 33.7 Å². The second-order valence-corrected chi connectivity index (χ2v) is 16.5. The molecule has 0 saturated heterocycles. The average molecular weight is 443 g/mol. The summed E-state index contributed by atoms with van der Waals surface area (Å²) < 4.78 is 71.5. The molecule has 0 aromatic heterocycles. The molecule has 0 N–H and O–H groups in total. The molecule has 25 heavy (non-hydrogen) atoms. The van der Waals surface area contributed by atoms with E-state index in [0.29, 0.717) is 0 Å². The molecule has 0 atom stereocenters. The van der Waals surface area contributed by atoms with E-state index in [1.807, 2.05) is 0 Å². The first-order chi connectivity index (χ1) is 11.7. The predicted molar refractivity (Wildman–Crippen MR) is 90.1 cm³/mol. The third kappa shape index (κ3) is 5.25. The van der Waals surface area contributed by atoms with Crippen molar-refractivity contribution in [1.29, 1.82) is 0 Å². The van der Waals surface area contributed by atoms with E-state index in [1.54, 1.807) is 0 Å². The Morgan fingerprint density at radius 1 is 0.480 bits per heavy atom. The molecule has 0 fully saturated rings. The average Bonchev–Trinajstić information content (AvgIpc) is 2.66. The van der Waals surface area contributed by atoms with Crippen LogP contribution >= 0.6 is 7.14 Å². The van der Waals surface area contributed by atoms with Gasteiger partial charge in [-0.15, -0.1) is 0 Å². The standard InChI is InChI=1S/C9H27O12PSi3/c1-11-23(12-2,13-3)20-22(10,25(17-7,18-8)19-9)21-24(14-4,15-5)16-6/h1-9H3. The Kier molecular flexibility index (Phi) is 10.9. The first kappa shape index (κ1) is 25.4. The summed E-state index contributed by atoms with van der Waals surface area (Å²) in [5.41, 5.74) is 0. The second kappa shape index (κ2) is 10.7. The van der Waals surface area contributed by atoms with Crippen molar-refractivity contribution >= 4 is 33.7 Å². The molecule has 0 aliphatic heterocycles. The quantitative estimate of drug-likeness (QED) is 0.272. The molecule has 0 rings (SSSR count). The molecule has 0 unspecified atom stereocenters. The Balaban J connectivity index is 6.27. The highest BCUT2D eigenvalue weighted by molar-refractivity contribution is 7.90. The molecule has 16 heteroatoms. The molecule has 0 aliphatic rings. The normalized spacial score (nSPS) is 14.1. The van der Waals surface area contributed by atoms with Crippen LogP contribution in [0.25, 0.3) is 0 Å². The SMILES string of the molecule is CO[Si](OC)(OC)OP(=O)(O[Si](OC)(OC)OC)[Si](OC)(OC)OC. The smallest absolute Gasteiger partial charge is 0.369 e.